The van der Waals surface area contributed by atoms with Gasteiger partial charge >= 0.3 is 0 Å². The zero-order valence-electron chi connectivity index (χ0n) is 17.0. The molecule has 2 unspecified atom stereocenters. The molecule has 3 nitrogen and oxygen atoms in total. The van der Waals surface area contributed by atoms with Gasteiger partial charge in [-0.3, -0.25) is 4.21 Å². The van der Waals surface area contributed by atoms with E-state index in [1.807, 2.05) is 18.2 Å². The van der Waals surface area contributed by atoms with Crippen molar-refractivity contribution < 1.29 is 14.4 Å². The fourth-order valence-electron chi connectivity index (χ4n) is 3.78. The lowest BCUT2D eigenvalue weighted by molar-refractivity contribution is 0.281. The van der Waals surface area contributed by atoms with E-state index in [4.69, 9.17) is 5.11 Å². The maximum absolute atomic E-state index is 13.9. The van der Waals surface area contributed by atoms with Crippen LogP contribution in [0.25, 0.3) is 0 Å². The molecule has 0 saturated heterocycles. The Labute approximate surface area is 172 Å². The fourth-order valence-corrected chi connectivity index (χ4v) is 5.62. The van der Waals surface area contributed by atoms with E-state index in [1.54, 1.807) is 24.3 Å². The molecule has 2 N–H and O–H groups in total. The SMILES string of the molecule is CCCCCC(CCCCCCO)(c1ccccc1)S(=O)c1ccc(O)cc1. The van der Waals surface area contributed by atoms with Crippen molar-refractivity contribution in [3.8, 4) is 5.75 Å². The van der Waals surface area contributed by atoms with E-state index in [9.17, 15) is 9.32 Å². The first kappa shape index (κ1) is 22.6. The van der Waals surface area contributed by atoms with Crippen molar-refractivity contribution >= 4 is 10.8 Å². The molecule has 2 aromatic carbocycles. The van der Waals surface area contributed by atoms with Crippen LogP contribution in [-0.2, 0) is 15.5 Å². The first-order chi connectivity index (χ1) is 13.6. The Balaban J connectivity index is 2.36. The topological polar surface area (TPSA) is 57.5 Å². The first-order valence-electron chi connectivity index (χ1n) is 10.5. The Morgan fingerprint density at radius 3 is 2.04 bits per heavy atom. The number of benzene rings is 2. The van der Waals surface area contributed by atoms with E-state index in [1.165, 1.54) is 0 Å². The minimum atomic E-state index is -1.21. The molecule has 0 aromatic heterocycles. The van der Waals surface area contributed by atoms with E-state index < -0.39 is 15.5 Å². The molecule has 2 aromatic rings. The van der Waals surface area contributed by atoms with Gasteiger partial charge in [0.05, 0.1) is 15.5 Å². The van der Waals surface area contributed by atoms with Gasteiger partial charge < -0.3 is 10.2 Å². The van der Waals surface area contributed by atoms with Crippen molar-refractivity contribution in [2.24, 2.45) is 0 Å². The molecule has 4 heteroatoms. The third kappa shape index (κ3) is 6.18. The highest BCUT2D eigenvalue weighted by Crippen LogP contribution is 2.42. The van der Waals surface area contributed by atoms with Crippen molar-refractivity contribution in [3.63, 3.8) is 0 Å². The van der Waals surface area contributed by atoms with Crippen LogP contribution in [0.1, 0.15) is 70.3 Å². The molecule has 2 atom stereocenters. The standard InChI is InChI=1S/C24H34O3S/c1-2-3-9-18-24(19-10-4-5-11-20-25,21-12-7-6-8-13-21)28(27)23-16-14-22(26)15-17-23/h6-8,12-17,25-26H,2-5,9-11,18-20H2,1H3. The van der Waals surface area contributed by atoms with Crippen molar-refractivity contribution in [1.29, 1.82) is 0 Å². The van der Waals surface area contributed by atoms with Crippen LogP contribution >= 0.6 is 0 Å². The molecule has 0 aliphatic rings. The van der Waals surface area contributed by atoms with Crippen LogP contribution < -0.4 is 0 Å². The quantitative estimate of drug-likeness (QED) is 0.409. The third-order valence-corrected chi connectivity index (χ3v) is 7.43. The lowest BCUT2D eigenvalue weighted by atomic mass is 9.87. The third-order valence-electron chi connectivity index (χ3n) is 5.38. The van der Waals surface area contributed by atoms with Gasteiger partial charge in [0, 0.05) is 11.5 Å². The van der Waals surface area contributed by atoms with Gasteiger partial charge in [-0.15, -0.1) is 0 Å². The predicted octanol–water partition coefficient (Wildman–Crippen LogP) is 5.92. The maximum Gasteiger partial charge on any atom is 0.115 e. The summed E-state index contributed by atoms with van der Waals surface area (Å²) >= 11 is 0. The Morgan fingerprint density at radius 1 is 0.821 bits per heavy atom. The summed E-state index contributed by atoms with van der Waals surface area (Å²) in [4.78, 5) is 0.772. The number of hydrogen-bond donors (Lipinski definition) is 2. The number of phenols is 1. The van der Waals surface area contributed by atoms with Crippen molar-refractivity contribution in [2.45, 2.75) is 74.4 Å². The molecule has 0 bridgehead atoms. The summed E-state index contributed by atoms with van der Waals surface area (Å²) in [5.74, 6) is 0.195. The smallest absolute Gasteiger partial charge is 0.115 e. The van der Waals surface area contributed by atoms with E-state index in [0.29, 0.717) is 0 Å². The van der Waals surface area contributed by atoms with E-state index in [0.717, 1.165) is 68.2 Å². The number of unbranched alkanes of at least 4 members (excludes halogenated alkanes) is 5. The molecule has 154 valence electrons. The van der Waals surface area contributed by atoms with Gasteiger partial charge in [-0.25, -0.2) is 0 Å². The minimum Gasteiger partial charge on any atom is -0.508 e. The lowest BCUT2D eigenvalue weighted by Gasteiger charge is -2.34. The average Bonchev–Trinajstić information content (AvgIpc) is 2.73. The number of aliphatic hydroxyl groups is 1. The molecule has 0 aliphatic carbocycles. The van der Waals surface area contributed by atoms with Crippen molar-refractivity contribution in [2.75, 3.05) is 6.61 Å². The molecule has 0 saturated carbocycles. The minimum absolute atomic E-state index is 0.195. The number of aliphatic hydroxyl groups excluding tert-OH is 1. The van der Waals surface area contributed by atoms with Gasteiger partial charge in [0.1, 0.15) is 5.75 Å². The molecule has 28 heavy (non-hydrogen) atoms. The van der Waals surface area contributed by atoms with Crippen LogP contribution in [0.4, 0.5) is 0 Å². The van der Waals surface area contributed by atoms with Crippen LogP contribution in [0.2, 0.25) is 0 Å². The molecule has 0 fully saturated rings. The zero-order chi connectivity index (χ0) is 20.2. The highest BCUT2D eigenvalue weighted by Gasteiger charge is 2.38. The number of hydrogen-bond acceptors (Lipinski definition) is 3. The summed E-state index contributed by atoms with van der Waals surface area (Å²) in [6, 6.07) is 17.1. The summed E-state index contributed by atoms with van der Waals surface area (Å²) in [6.45, 7) is 2.43. The Hall–Kier alpha value is -1.65. The lowest BCUT2D eigenvalue weighted by Crippen LogP contribution is -2.32. The van der Waals surface area contributed by atoms with Gasteiger partial charge in [0.25, 0.3) is 0 Å². The number of phenolic OH excluding ortho intramolecular Hbond substituents is 1. The highest BCUT2D eigenvalue weighted by molar-refractivity contribution is 7.86. The van der Waals surface area contributed by atoms with Crippen LogP contribution in [-0.4, -0.2) is 21.0 Å². The number of aromatic hydroxyl groups is 1. The van der Waals surface area contributed by atoms with Crippen molar-refractivity contribution in [1.82, 2.24) is 0 Å². The van der Waals surface area contributed by atoms with E-state index in [-0.39, 0.29) is 12.4 Å². The second kappa shape index (κ2) is 12.0. The molecule has 0 radical (unpaired) electrons. The van der Waals surface area contributed by atoms with Gasteiger partial charge in [-0.05, 0) is 49.1 Å². The van der Waals surface area contributed by atoms with Gasteiger partial charge in [-0.2, -0.15) is 0 Å². The normalized spacial score (nSPS) is 14.5. The Kier molecular flexibility index (Phi) is 9.72. The van der Waals surface area contributed by atoms with Crippen LogP contribution in [0.3, 0.4) is 0 Å². The summed E-state index contributed by atoms with van der Waals surface area (Å²) in [5, 5.41) is 18.7. The largest absolute Gasteiger partial charge is 0.508 e. The average molecular weight is 403 g/mol. The molecule has 0 spiro atoms. The molecule has 0 heterocycles. The Morgan fingerprint density at radius 2 is 1.43 bits per heavy atom. The van der Waals surface area contributed by atoms with Gasteiger partial charge in [0.2, 0.25) is 0 Å². The van der Waals surface area contributed by atoms with Crippen LogP contribution in [0, 0.1) is 0 Å². The number of rotatable bonds is 13. The Bertz CT molecular complexity index is 700. The van der Waals surface area contributed by atoms with Crippen LogP contribution in [0.15, 0.2) is 59.5 Å². The van der Waals surface area contributed by atoms with E-state index >= 15 is 0 Å². The molecular formula is C24H34O3S. The molecule has 2 rings (SSSR count). The van der Waals surface area contributed by atoms with Gasteiger partial charge in [-0.1, -0.05) is 75.8 Å². The summed E-state index contributed by atoms with van der Waals surface area (Å²) < 4.78 is 13.5. The molecular weight excluding hydrogens is 368 g/mol. The van der Waals surface area contributed by atoms with Crippen molar-refractivity contribution in [3.05, 3.63) is 60.2 Å². The maximum atomic E-state index is 13.9. The monoisotopic (exact) mass is 402 g/mol. The zero-order valence-corrected chi connectivity index (χ0v) is 17.8. The predicted molar refractivity (Wildman–Crippen MR) is 117 cm³/mol. The second-order valence-electron chi connectivity index (χ2n) is 7.47. The molecule has 0 amide bonds. The van der Waals surface area contributed by atoms with Crippen LogP contribution in [0.5, 0.6) is 5.75 Å². The fraction of sp³-hybridized carbons (Fsp3) is 0.500. The molecule has 0 aliphatic heterocycles. The highest BCUT2D eigenvalue weighted by atomic mass is 32.2. The summed E-state index contributed by atoms with van der Waals surface area (Å²) in [7, 11) is -1.21. The first-order valence-corrected chi connectivity index (χ1v) is 11.7. The van der Waals surface area contributed by atoms with Gasteiger partial charge in [0.15, 0.2) is 0 Å². The second-order valence-corrected chi connectivity index (χ2v) is 9.26. The van der Waals surface area contributed by atoms with E-state index in [2.05, 4.69) is 19.1 Å². The summed E-state index contributed by atoms with van der Waals surface area (Å²) in [6.07, 6.45) is 8.92. The summed E-state index contributed by atoms with van der Waals surface area (Å²) in [5.41, 5.74) is 1.14.